The first kappa shape index (κ1) is 14.4. The van der Waals surface area contributed by atoms with E-state index in [-0.39, 0.29) is 18.4 Å². The van der Waals surface area contributed by atoms with E-state index >= 15 is 0 Å². The summed E-state index contributed by atoms with van der Waals surface area (Å²) in [5.41, 5.74) is -0.511. The summed E-state index contributed by atoms with van der Waals surface area (Å²) in [6, 6.07) is 0. The van der Waals surface area contributed by atoms with E-state index in [0.717, 1.165) is 12.8 Å². The molecule has 0 radical (unpaired) electrons. The minimum Gasteiger partial charge on any atom is -0.355 e. The second kappa shape index (κ2) is 5.32. The van der Waals surface area contributed by atoms with Crippen LogP contribution in [0.5, 0.6) is 0 Å². The van der Waals surface area contributed by atoms with Crippen LogP contribution in [-0.4, -0.2) is 33.0 Å². The largest absolute Gasteiger partial charge is 0.355 e. The minimum atomic E-state index is -3.49. The summed E-state index contributed by atoms with van der Waals surface area (Å²) in [7, 11) is -3.49. The van der Waals surface area contributed by atoms with E-state index in [1.165, 1.54) is 0 Å². The molecule has 0 saturated heterocycles. The molecule has 0 aliphatic heterocycles. The molecule has 1 aliphatic rings. The van der Waals surface area contributed by atoms with Crippen LogP contribution in [-0.2, 0) is 15.0 Å². The van der Waals surface area contributed by atoms with Crippen LogP contribution in [0.1, 0.15) is 33.6 Å². The third-order valence-corrected chi connectivity index (χ3v) is 3.57. The Morgan fingerprint density at radius 3 is 2.29 bits per heavy atom. The molecule has 1 rings (SSSR count). The Kier molecular flexibility index (Phi) is 4.51. The average Bonchev–Trinajstić information content (AvgIpc) is 2.90. The molecule has 0 aromatic heterocycles. The van der Waals surface area contributed by atoms with Crippen molar-refractivity contribution in [1.29, 1.82) is 0 Å². The van der Waals surface area contributed by atoms with Gasteiger partial charge in [-0.3, -0.25) is 4.79 Å². The molecule has 0 spiro atoms. The van der Waals surface area contributed by atoms with Crippen LogP contribution in [0.2, 0.25) is 0 Å². The Labute approximate surface area is 103 Å². The van der Waals surface area contributed by atoms with Gasteiger partial charge in [0.05, 0.1) is 0 Å². The van der Waals surface area contributed by atoms with Gasteiger partial charge in [0, 0.05) is 24.5 Å². The van der Waals surface area contributed by atoms with E-state index in [1.807, 2.05) is 0 Å². The van der Waals surface area contributed by atoms with Crippen LogP contribution >= 0.6 is 0 Å². The molecule has 100 valence electrons. The first-order chi connectivity index (χ1) is 7.70. The third-order valence-electron chi connectivity index (χ3n) is 2.11. The highest BCUT2D eigenvalue weighted by atomic mass is 32.2. The molecule has 0 heterocycles. The van der Waals surface area contributed by atoms with Gasteiger partial charge in [0.15, 0.2) is 0 Å². The number of rotatable bonds is 6. The summed E-state index contributed by atoms with van der Waals surface area (Å²) < 4.78 is 27.8. The molecule has 0 unspecified atom stereocenters. The summed E-state index contributed by atoms with van der Waals surface area (Å²) in [6.07, 6.45) is 1.90. The molecular weight excluding hydrogens is 242 g/mol. The van der Waals surface area contributed by atoms with Gasteiger partial charge >= 0.3 is 0 Å². The molecule has 1 fully saturated rings. The normalized spacial score (nSPS) is 16.9. The van der Waals surface area contributed by atoms with Crippen LogP contribution in [0, 0.1) is 5.92 Å². The fourth-order valence-corrected chi connectivity index (χ4v) is 2.55. The molecule has 0 atom stereocenters. The molecule has 7 heteroatoms. The average molecular weight is 263 g/mol. The van der Waals surface area contributed by atoms with Crippen molar-refractivity contribution in [2.24, 2.45) is 5.92 Å². The molecule has 0 bridgehead atoms. The Hall–Kier alpha value is -0.660. The fourth-order valence-electron chi connectivity index (χ4n) is 1.30. The highest BCUT2D eigenvalue weighted by Gasteiger charge is 2.29. The van der Waals surface area contributed by atoms with Crippen molar-refractivity contribution in [3.63, 3.8) is 0 Å². The number of hydrogen-bond donors (Lipinski definition) is 3. The van der Waals surface area contributed by atoms with Gasteiger partial charge in [0.1, 0.15) is 0 Å². The lowest BCUT2D eigenvalue weighted by Crippen LogP contribution is -2.48. The van der Waals surface area contributed by atoms with Crippen LogP contribution in [0.3, 0.4) is 0 Å². The number of nitrogens with one attached hydrogen (secondary N) is 3. The monoisotopic (exact) mass is 263 g/mol. The van der Waals surface area contributed by atoms with Crippen molar-refractivity contribution in [3.05, 3.63) is 0 Å². The predicted octanol–water partition coefficient (Wildman–Crippen LogP) is -0.265. The summed E-state index contributed by atoms with van der Waals surface area (Å²) in [5.74, 6) is 0.173. The first-order valence-corrected chi connectivity index (χ1v) is 7.24. The second-order valence-corrected chi connectivity index (χ2v) is 6.81. The first-order valence-electron chi connectivity index (χ1n) is 5.76. The second-order valence-electron chi connectivity index (χ2n) is 5.32. The van der Waals surface area contributed by atoms with Gasteiger partial charge in [-0.05, 0) is 33.6 Å². The van der Waals surface area contributed by atoms with E-state index in [9.17, 15) is 13.2 Å². The Morgan fingerprint density at radius 1 is 1.24 bits per heavy atom. The lowest BCUT2D eigenvalue weighted by Gasteiger charge is -2.20. The van der Waals surface area contributed by atoms with E-state index in [2.05, 4.69) is 14.8 Å². The van der Waals surface area contributed by atoms with Gasteiger partial charge in [-0.2, -0.15) is 13.1 Å². The van der Waals surface area contributed by atoms with Gasteiger partial charge < -0.3 is 5.32 Å². The fraction of sp³-hybridized carbons (Fsp3) is 0.900. The topological polar surface area (TPSA) is 87.3 Å². The van der Waals surface area contributed by atoms with Crippen molar-refractivity contribution in [3.8, 4) is 0 Å². The van der Waals surface area contributed by atoms with E-state index < -0.39 is 15.7 Å². The molecule has 1 amide bonds. The molecule has 0 aromatic carbocycles. The summed E-state index contributed by atoms with van der Waals surface area (Å²) >= 11 is 0. The van der Waals surface area contributed by atoms with Gasteiger partial charge in [0.25, 0.3) is 10.2 Å². The summed E-state index contributed by atoms with van der Waals surface area (Å²) in [5, 5.41) is 2.69. The van der Waals surface area contributed by atoms with Crippen molar-refractivity contribution in [2.75, 3.05) is 13.1 Å². The Balaban J connectivity index is 2.18. The summed E-state index contributed by atoms with van der Waals surface area (Å²) in [4.78, 5) is 11.3. The smallest absolute Gasteiger partial charge is 0.277 e. The maximum absolute atomic E-state index is 11.5. The van der Waals surface area contributed by atoms with Crippen molar-refractivity contribution in [2.45, 2.75) is 39.2 Å². The Morgan fingerprint density at radius 2 is 1.82 bits per heavy atom. The number of hydrogen-bond acceptors (Lipinski definition) is 3. The minimum absolute atomic E-state index is 0.0213. The standard InChI is InChI=1S/C10H21N3O3S/c1-10(2,3)13-17(15,16)12-7-6-11-9(14)8-4-5-8/h8,12-13H,4-7H2,1-3H3,(H,11,14). The van der Waals surface area contributed by atoms with Gasteiger partial charge in [-0.15, -0.1) is 0 Å². The predicted molar refractivity (Wildman–Crippen MR) is 65.5 cm³/mol. The molecule has 6 nitrogen and oxygen atoms in total. The zero-order chi connectivity index (χ0) is 13.1. The zero-order valence-corrected chi connectivity index (χ0v) is 11.4. The molecule has 1 saturated carbocycles. The maximum Gasteiger partial charge on any atom is 0.277 e. The SMILES string of the molecule is CC(C)(C)NS(=O)(=O)NCCNC(=O)C1CC1. The lowest BCUT2D eigenvalue weighted by molar-refractivity contribution is -0.122. The highest BCUT2D eigenvalue weighted by molar-refractivity contribution is 7.87. The maximum atomic E-state index is 11.5. The lowest BCUT2D eigenvalue weighted by atomic mass is 10.1. The highest BCUT2D eigenvalue weighted by Crippen LogP contribution is 2.28. The summed E-state index contributed by atoms with van der Waals surface area (Å²) in [6.45, 7) is 5.81. The number of carbonyl (C=O) groups is 1. The van der Waals surface area contributed by atoms with E-state index in [1.54, 1.807) is 20.8 Å². The van der Waals surface area contributed by atoms with Gasteiger partial charge in [0.2, 0.25) is 5.91 Å². The molecule has 3 N–H and O–H groups in total. The molecular formula is C10H21N3O3S. The quantitative estimate of drug-likeness (QED) is 0.577. The number of amides is 1. The van der Waals surface area contributed by atoms with E-state index in [0.29, 0.717) is 6.54 Å². The zero-order valence-electron chi connectivity index (χ0n) is 10.5. The molecule has 0 aromatic rings. The van der Waals surface area contributed by atoms with E-state index in [4.69, 9.17) is 0 Å². The van der Waals surface area contributed by atoms with Crippen molar-refractivity contribution < 1.29 is 13.2 Å². The van der Waals surface area contributed by atoms with Crippen LogP contribution in [0.15, 0.2) is 0 Å². The van der Waals surface area contributed by atoms with Gasteiger partial charge in [-0.1, -0.05) is 0 Å². The van der Waals surface area contributed by atoms with Crippen molar-refractivity contribution >= 4 is 16.1 Å². The van der Waals surface area contributed by atoms with Crippen LogP contribution < -0.4 is 14.8 Å². The number of carbonyl (C=O) groups excluding carboxylic acids is 1. The molecule has 17 heavy (non-hydrogen) atoms. The van der Waals surface area contributed by atoms with Crippen LogP contribution in [0.25, 0.3) is 0 Å². The van der Waals surface area contributed by atoms with Crippen molar-refractivity contribution in [1.82, 2.24) is 14.8 Å². The third kappa shape index (κ3) is 6.60. The Bertz CT molecular complexity index is 369. The molecule has 1 aliphatic carbocycles. The van der Waals surface area contributed by atoms with Crippen LogP contribution in [0.4, 0.5) is 0 Å². The van der Waals surface area contributed by atoms with Gasteiger partial charge in [-0.25, -0.2) is 4.72 Å².